The molecule has 4 aromatic rings. The first-order chi connectivity index (χ1) is 17.7. The first-order valence-electron chi connectivity index (χ1n) is 11.8. The Morgan fingerprint density at radius 2 is 1.67 bits per heavy atom. The number of para-hydroxylation sites is 1. The van der Waals surface area contributed by atoms with Gasteiger partial charge in [0, 0.05) is 0 Å². The Labute approximate surface area is 223 Å². The second-order valence-corrected chi connectivity index (χ2v) is 13.2. The fourth-order valence-electron chi connectivity index (χ4n) is 5.39. The number of allylic oxidation sites excluding steroid dienone is 2. The molecule has 0 bridgehead atoms. The van der Waals surface area contributed by atoms with Gasteiger partial charge >= 0.3 is 224 Å². The Morgan fingerprint density at radius 1 is 0.861 bits per heavy atom. The SMILES string of the molecule is O=C1/C(=C\c2ccc(N3c4ccccc4C(c4ccccc4)c4cccnc43)[te]2)C(=O)C2SC=CC12. The number of fused-ring (bicyclic) bond motifs is 3. The van der Waals surface area contributed by atoms with Crippen molar-refractivity contribution < 1.29 is 9.59 Å². The number of anilines is 3. The zero-order valence-electron chi connectivity index (χ0n) is 19.1. The molecule has 0 amide bonds. The van der Waals surface area contributed by atoms with Gasteiger partial charge in [0.15, 0.2) is 0 Å². The van der Waals surface area contributed by atoms with E-state index >= 15 is 0 Å². The van der Waals surface area contributed by atoms with E-state index < -0.39 is 20.4 Å². The molecule has 2 aromatic heterocycles. The van der Waals surface area contributed by atoms with Crippen molar-refractivity contribution in [3.05, 3.63) is 122 Å². The van der Waals surface area contributed by atoms with Crippen molar-refractivity contribution in [2.75, 3.05) is 4.90 Å². The molecule has 7 rings (SSSR count). The van der Waals surface area contributed by atoms with Crippen molar-refractivity contribution >= 4 is 65.0 Å². The predicted molar refractivity (Wildman–Crippen MR) is 145 cm³/mol. The molecule has 1 saturated carbocycles. The van der Waals surface area contributed by atoms with E-state index in [1.165, 1.54) is 32.2 Å². The number of carbonyl (C=O) groups excluding carboxylic acids is 2. The third kappa shape index (κ3) is 3.40. The summed E-state index contributed by atoms with van der Waals surface area (Å²) < 4.78 is 2.31. The van der Waals surface area contributed by atoms with E-state index in [-0.39, 0.29) is 28.7 Å². The summed E-state index contributed by atoms with van der Waals surface area (Å²) in [7, 11) is 0. The topological polar surface area (TPSA) is 50.3 Å². The monoisotopic (exact) mass is 602 g/mol. The standard InChI is InChI=1S/C30H20N2O2STe/c33-27-22-14-16-35-29(22)28(34)23(27)17-19-12-13-25(36-19)32-24-11-5-4-9-20(24)26(18-7-2-1-3-8-18)21-10-6-15-31-30(21)32/h1-17,22,26,29H/b23-17+. The molecule has 1 fully saturated rings. The van der Waals surface area contributed by atoms with Gasteiger partial charge in [-0.25, -0.2) is 0 Å². The number of benzene rings is 2. The summed E-state index contributed by atoms with van der Waals surface area (Å²) in [4.78, 5) is 32.9. The van der Waals surface area contributed by atoms with E-state index in [0.29, 0.717) is 5.57 Å². The van der Waals surface area contributed by atoms with Crippen molar-refractivity contribution in [3.8, 4) is 0 Å². The van der Waals surface area contributed by atoms with E-state index in [1.54, 1.807) is 0 Å². The molecule has 4 nitrogen and oxygen atoms in total. The summed E-state index contributed by atoms with van der Waals surface area (Å²) >= 11 is 0.631. The van der Waals surface area contributed by atoms with Crippen LogP contribution in [0.25, 0.3) is 6.08 Å². The van der Waals surface area contributed by atoms with Gasteiger partial charge in [-0.05, 0) is 0 Å². The molecule has 1 aliphatic carbocycles. The van der Waals surface area contributed by atoms with Crippen LogP contribution in [-0.2, 0) is 9.59 Å². The second kappa shape index (κ2) is 8.74. The number of carbonyl (C=O) groups is 2. The van der Waals surface area contributed by atoms with Gasteiger partial charge in [0.2, 0.25) is 0 Å². The van der Waals surface area contributed by atoms with Gasteiger partial charge in [0.05, 0.1) is 0 Å². The van der Waals surface area contributed by atoms with Crippen LogP contribution in [0, 0.1) is 5.92 Å². The number of aromatic nitrogens is 1. The first-order valence-corrected chi connectivity index (χ1v) is 15.1. The quantitative estimate of drug-likeness (QED) is 0.147. The van der Waals surface area contributed by atoms with Crippen molar-refractivity contribution in [1.29, 1.82) is 0 Å². The van der Waals surface area contributed by atoms with Gasteiger partial charge in [0.25, 0.3) is 0 Å². The number of pyridine rings is 1. The van der Waals surface area contributed by atoms with Crippen LogP contribution >= 0.6 is 11.8 Å². The van der Waals surface area contributed by atoms with Gasteiger partial charge in [-0.3, -0.25) is 0 Å². The van der Waals surface area contributed by atoms with Gasteiger partial charge in [-0.2, -0.15) is 0 Å². The van der Waals surface area contributed by atoms with Crippen LogP contribution in [0.3, 0.4) is 0 Å². The predicted octanol–water partition coefficient (Wildman–Crippen LogP) is 5.88. The Hall–Kier alpha value is -3.17. The number of thioether (sulfide) groups is 1. The molecule has 0 radical (unpaired) electrons. The summed E-state index contributed by atoms with van der Waals surface area (Å²) in [5, 5.41) is 1.62. The van der Waals surface area contributed by atoms with Crippen LogP contribution in [0.4, 0.5) is 15.2 Å². The number of hydrogen-bond acceptors (Lipinski definition) is 5. The van der Waals surface area contributed by atoms with Crippen molar-refractivity contribution in [1.82, 2.24) is 4.98 Å². The summed E-state index contributed by atoms with van der Waals surface area (Å²) in [6.45, 7) is 0. The second-order valence-electron chi connectivity index (χ2n) is 9.03. The molecule has 36 heavy (non-hydrogen) atoms. The molecular weight excluding hydrogens is 580 g/mol. The van der Waals surface area contributed by atoms with Crippen LogP contribution in [0.15, 0.2) is 102 Å². The van der Waals surface area contributed by atoms with Crippen LogP contribution in [-0.4, -0.2) is 42.2 Å². The van der Waals surface area contributed by atoms with Gasteiger partial charge < -0.3 is 0 Å². The third-order valence-electron chi connectivity index (χ3n) is 7.01. The van der Waals surface area contributed by atoms with Crippen LogP contribution in [0.2, 0.25) is 0 Å². The molecule has 0 spiro atoms. The molecule has 2 aliphatic heterocycles. The van der Waals surface area contributed by atoms with E-state index in [4.69, 9.17) is 4.98 Å². The molecule has 2 aromatic carbocycles. The van der Waals surface area contributed by atoms with Crippen LogP contribution in [0.5, 0.6) is 0 Å². The number of rotatable bonds is 3. The molecule has 6 heteroatoms. The van der Waals surface area contributed by atoms with Gasteiger partial charge in [-0.1, -0.05) is 0 Å². The maximum absolute atomic E-state index is 12.9. The number of Topliss-reactive ketones (excluding diaryl/α,β-unsaturated/α-hetero) is 2. The van der Waals surface area contributed by atoms with E-state index in [9.17, 15) is 9.59 Å². The Balaban J connectivity index is 1.33. The summed E-state index contributed by atoms with van der Waals surface area (Å²) in [6.07, 6.45) is 5.59. The number of ketones is 2. The summed E-state index contributed by atoms with van der Waals surface area (Å²) in [5.74, 6) is 0.715. The minimum absolute atomic E-state index is 0.0251. The number of nitrogens with zero attached hydrogens (tertiary/aromatic N) is 2. The Kier molecular flexibility index (Phi) is 5.36. The van der Waals surface area contributed by atoms with Crippen molar-refractivity contribution in [2.45, 2.75) is 11.2 Å². The van der Waals surface area contributed by atoms with Crippen LogP contribution in [0.1, 0.15) is 26.2 Å². The fraction of sp³-hybridized carbons (Fsp3) is 0.100. The molecule has 174 valence electrons. The molecule has 4 heterocycles. The van der Waals surface area contributed by atoms with Crippen molar-refractivity contribution in [3.63, 3.8) is 0 Å². The normalized spacial score (nSPS) is 23.2. The zero-order valence-corrected chi connectivity index (χ0v) is 22.2. The van der Waals surface area contributed by atoms with Gasteiger partial charge in [0.1, 0.15) is 0 Å². The zero-order chi connectivity index (χ0) is 24.2. The summed E-state index contributed by atoms with van der Waals surface area (Å²) in [5.41, 5.74) is 5.19. The molecule has 3 unspecified atom stereocenters. The van der Waals surface area contributed by atoms with E-state index in [0.717, 1.165) is 15.1 Å². The molecule has 0 N–H and O–H groups in total. The third-order valence-corrected chi connectivity index (χ3v) is 11.0. The van der Waals surface area contributed by atoms with E-state index in [1.807, 2.05) is 35.9 Å². The van der Waals surface area contributed by atoms with Gasteiger partial charge in [-0.15, -0.1) is 0 Å². The summed E-state index contributed by atoms with van der Waals surface area (Å²) in [6, 6.07) is 27.6. The van der Waals surface area contributed by atoms with Crippen LogP contribution < -0.4 is 4.90 Å². The fourth-order valence-corrected chi connectivity index (χ4v) is 9.22. The van der Waals surface area contributed by atoms with Crippen molar-refractivity contribution in [2.24, 2.45) is 5.92 Å². The average molecular weight is 600 g/mol. The maximum atomic E-state index is 12.9. The molecule has 3 aliphatic rings. The minimum atomic E-state index is -0.831. The molecule has 0 saturated heterocycles. The average Bonchev–Trinajstić information content (AvgIpc) is 3.64. The Bertz CT molecular complexity index is 1540. The number of hydrogen-bond donors (Lipinski definition) is 0. The van der Waals surface area contributed by atoms with E-state index in [2.05, 4.69) is 71.6 Å². The molecule has 3 atom stereocenters. The first kappa shape index (κ1) is 22.1. The molecular formula is C30H20N2O2STe. The Morgan fingerprint density at radius 3 is 2.53 bits per heavy atom.